The maximum atomic E-state index is 12.1. The summed E-state index contributed by atoms with van der Waals surface area (Å²) in [4.78, 5) is 23.6. The van der Waals surface area contributed by atoms with Gasteiger partial charge in [-0.1, -0.05) is 6.42 Å². The van der Waals surface area contributed by atoms with Gasteiger partial charge in [0.25, 0.3) is 0 Å². The number of anilines is 1. The summed E-state index contributed by atoms with van der Waals surface area (Å²) in [6.07, 6.45) is 10.8. The molecule has 2 heterocycles. The van der Waals surface area contributed by atoms with Gasteiger partial charge in [0, 0.05) is 12.2 Å². The number of rotatable bonds is 2. The van der Waals surface area contributed by atoms with E-state index >= 15 is 0 Å². The molecule has 2 aromatic rings. The number of urea groups is 1. The Morgan fingerprint density at radius 3 is 3.14 bits per heavy atom. The Balaban J connectivity index is 1.38. The minimum absolute atomic E-state index is 0.179. The molecule has 1 spiro atoms. The molecule has 3 N–H and O–H groups in total. The van der Waals surface area contributed by atoms with Crippen LogP contribution >= 0.6 is 0 Å². The van der Waals surface area contributed by atoms with Gasteiger partial charge >= 0.3 is 6.03 Å². The summed E-state index contributed by atoms with van der Waals surface area (Å²) in [5.41, 5.74) is 2.03. The molecule has 0 radical (unpaired) electrons. The molecular formula is C15H19N5O. The zero-order valence-electron chi connectivity index (χ0n) is 11.9. The van der Waals surface area contributed by atoms with Crippen LogP contribution in [0, 0.1) is 5.41 Å². The molecular weight excluding hydrogens is 266 g/mol. The fourth-order valence-electron chi connectivity index (χ4n) is 3.43. The van der Waals surface area contributed by atoms with E-state index in [4.69, 9.17) is 0 Å². The fraction of sp³-hybridized carbons (Fsp3) is 0.533. The quantitative estimate of drug-likeness (QED) is 0.793. The second-order valence-corrected chi connectivity index (χ2v) is 6.36. The van der Waals surface area contributed by atoms with Crippen molar-refractivity contribution >= 4 is 23.0 Å². The highest BCUT2D eigenvalue weighted by Crippen LogP contribution is 2.56. The number of hydrogen-bond donors (Lipinski definition) is 3. The van der Waals surface area contributed by atoms with E-state index in [1.54, 1.807) is 12.4 Å². The molecule has 0 aromatic carbocycles. The van der Waals surface area contributed by atoms with E-state index in [9.17, 15) is 4.79 Å². The summed E-state index contributed by atoms with van der Waals surface area (Å²) in [5.74, 6) is 0.483. The van der Waals surface area contributed by atoms with Crippen molar-refractivity contribution in [2.24, 2.45) is 5.41 Å². The molecule has 1 unspecified atom stereocenters. The monoisotopic (exact) mass is 285 g/mol. The number of H-pyrrole nitrogens is 1. The lowest BCUT2D eigenvalue weighted by atomic mass is 9.83. The Bertz CT molecular complexity index is 676. The molecule has 1 atom stereocenters. The zero-order valence-corrected chi connectivity index (χ0v) is 11.9. The normalized spacial score (nSPS) is 23.1. The van der Waals surface area contributed by atoms with Crippen LogP contribution in [0.2, 0.25) is 0 Å². The van der Waals surface area contributed by atoms with E-state index in [0.717, 1.165) is 24.0 Å². The minimum Gasteiger partial charge on any atom is -0.345 e. The summed E-state index contributed by atoms with van der Waals surface area (Å²) in [6, 6.07) is 1.95. The lowest BCUT2D eigenvalue weighted by Crippen LogP contribution is -2.41. The fourth-order valence-corrected chi connectivity index (χ4v) is 3.43. The van der Waals surface area contributed by atoms with Gasteiger partial charge in [0.15, 0.2) is 11.5 Å². The number of aromatic nitrogens is 3. The van der Waals surface area contributed by atoms with Crippen molar-refractivity contribution in [1.29, 1.82) is 0 Å². The Morgan fingerprint density at radius 1 is 1.38 bits per heavy atom. The molecule has 2 saturated carbocycles. The van der Waals surface area contributed by atoms with Crippen molar-refractivity contribution in [1.82, 2.24) is 20.3 Å². The van der Waals surface area contributed by atoms with Crippen LogP contribution < -0.4 is 10.6 Å². The molecule has 6 nitrogen and oxygen atoms in total. The van der Waals surface area contributed by atoms with E-state index in [-0.39, 0.29) is 6.03 Å². The molecule has 2 aromatic heterocycles. The molecule has 2 aliphatic rings. The van der Waals surface area contributed by atoms with Crippen molar-refractivity contribution in [3.05, 3.63) is 18.5 Å². The van der Waals surface area contributed by atoms with Crippen LogP contribution in [0.15, 0.2) is 18.5 Å². The maximum absolute atomic E-state index is 12.1. The van der Waals surface area contributed by atoms with Crippen LogP contribution in [0.25, 0.3) is 11.2 Å². The minimum atomic E-state index is -0.179. The Hall–Kier alpha value is -2.11. The van der Waals surface area contributed by atoms with Crippen molar-refractivity contribution < 1.29 is 4.79 Å². The molecule has 0 saturated heterocycles. The van der Waals surface area contributed by atoms with Crippen molar-refractivity contribution in [3.8, 4) is 0 Å². The first-order chi connectivity index (χ1) is 10.2. The predicted molar refractivity (Wildman–Crippen MR) is 80.0 cm³/mol. The highest BCUT2D eigenvalue weighted by atomic mass is 16.2. The van der Waals surface area contributed by atoms with Crippen molar-refractivity contribution in [2.45, 2.75) is 44.6 Å². The van der Waals surface area contributed by atoms with Gasteiger partial charge in [-0.3, -0.25) is 5.32 Å². The van der Waals surface area contributed by atoms with Gasteiger partial charge in [-0.05, 0) is 43.6 Å². The summed E-state index contributed by atoms with van der Waals surface area (Å²) in [5, 5.41) is 5.86. The van der Waals surface area contributed by atoms with Crippen LogP contribution in [0.1, 0.15) is 38.5 Å². The Labute approximate surface area is 122 Å². The van der Waals surface area contributed by atoms with E-state index in [1.807, 2.05) is 6.07 Å². The predicted octanol–water partition coefficient (Wildman–Crippen LogP) is 2.80. The molecule has 0 bridgehead atoms. The largest absolute Gasteiger partial charge is 0.345 e. The summed E-state index contributed by atoms with van der Waals surface area (Å²) >= 11 is 0. The van der Waals surface area contributed by atoms with E-state index < -0.39 is 0 Å². The van der Waals surface area contributed by atoms with Gasteiger partial charge in [0.1, 0.15) is 5.52 Å². The van der Waals surface area contributed by atoms with Gasteiger partial charge in [0.2, 0.25) is 0 Å². The first-order valence-corrected chi connectivity index (χ1v) is 7.60. The second kappa shape index (κ2) is 4.72. The van der Waals surface area contributed by atoms with Gasteiger partial charge in [-0.25, -0.2) is 14.8 Å². The molecule has 4 rings (SSSR count). The lowest BCUT2D eigenvalue weighted by Gasteiger charge is -2.29. The van der Waals surface area contributed by atoms with Crippen LogP contribution in [0.4, 0.5) is 10.6 Å². The first-order valence-electron chi connectivity index (χ1n) is 7.60. The SMILES string of the molecule is O=C(Nc1cnc2[nH]ccc2n1)NC1CCCC2(CC2)C1. The number of aromatic amines is 1. The topological polar surface area (TPSA) is 82.7 Å². The smallest absolute Gasteiger partial charge is 0.320 e. The summed E-state index contributed by atoms with van der Waals surface area (Å²) < 4.78 is 0. The molecule has 6 heteroatoms. The molecule has 2 amide bonds. The molecule has 0 aliphatic heterocycles. The zero-order chi connectivity index (χ0) is 14.3. The lowest BCUT2D eigenvalue weighted by molar-refractivity contribution is 0.232. The molecule has 2 fully saturated rings. The van der Waals surface area contributed by atoms with E-state index in [2.05, 4.69) is 25.6 Å². The number of carbonyl (C=O) groups is 1. The van der Waals surface area contributed by atoms with Crippen LogP contribution in [0.5, 0.6) is 0 Å². The third-order valence-corrected chi connectivity index (χ3v) is 4.73. The number of nitrogens with one attached hydrogen (secondary N) is 3. The Kier molecular flexibility index (Phi) is 2.83. The number of hydrogen-bond acceptors (Lipinski definition) is 3. The number of amides is 2. The van der Waals surface area contributed by atoms with Crippen LogP contribution in [-0.4, -0.2) is 27.0 Å². The average Bonchev–Trinajstić information content (AvgIpc) is 3.02. The van der Waals surface area contributed by atoms with Gasteiger partial charge in [-0.15, -0.1) is 0 Å². The van der Waals surface area contributed by atoms with Crippen molar-refractivity contribution in [2.75, 3.05) is 5.32 Å². The molecule has 2 aliphatic carbocycles. The second-order valence-electron chi connectivity index (χ2n) is 6.36. The third-order valence-electron chi connectivity index (χ3n) is 4.73. The van der Waals surface area contributed by atoms with E-state index in [0.29, 0.717) is 17.3 Å². The van der Waals surface area contributed by atoms with Gasteiger partial charge < -0.3 is 10.3 Å². The highest BCUT2D eigenvalue weighted by molar-refractivity contribution is 5.89. The first kappa shape index (κ1) is 12.6. The highest BCUT2D eigenvalue weighted by Gasteiger charge is 2.45. The van der Waals surface area contributed by atoms with E-state index in [1.165, 1.54) is 25.7 Å². The molecule has 110 valence electrons. The van der Waals surface area contributed by atoms with Gasteiger partial charge in [0.05, 0.1) is 6.20 Å². The summed E-state index contributed by atoms with van der Waals surface area (Å²) in [7, 11) is 0. The molecule has 21 heavy (non-hydrogen) atoms. The van der Waals surface area contributed by atoms with Crippen LogP contribution in [0.3, 0.4) is 0 Å². The van der Waals surface area contributed by atoms with Crippen molar-refractivity contribution in [3.63, 3.8) is 0 Å². The third kappa shape index (κ3) is 2.57. The van der Waals surface area contributed by atoms with Gasteiger partial charge in [-0.2, -0.15) is 0 Å². The Morgan fingerprint density at radius 2 is 2.29 bits per heavy atom. The standard InChI is InChI=1S/C15H19N5O/c21-14(18-10-2-1-4-15(8-10)5-6-15)20-12-9-17-13-11(19-12)3-7-16-13/h3,7,9-10H,1-2,4-6,8H2,(H,16,17)(H2,18,19,20,21). The number of nitrogens with zero attached hydrogens (tertiary/aromatic N) is 2. The maximum Gasteiger partial charge on any atom is 0.320 e. The summed E-state index contributed by atoms with van der Waals surface area (Å²) in [6.45, 7) is 0. The number of carbonyl (C=O) groups excluding carboxylic acids is 1. The van der Waals surface area contributed by atoms with Crippen LogP contribution in [-0.2, 0) is 0 Å². The average molecular weight is 285 g/mol. The number of fused-ring (bicyclic) bond motifs is 1.